The molecule has 3 rings (SSSR count). The molecule has 0 bridgehead atoms. The van der Waals surface area contributed by atoms with Gasteiger partial charge in [0.15, 0.2) is 6.04 Å². The minimum absolute atomic E-state index is 0.548. The maximum atomic E-state index is 6.09. The highest BCUT2D eigenvalue weighted by atomic mass is 35.5. The van der Waals surface area contributed by atoms with Crippen LogP contribution in [0.25, 0.3) is 0 Å². The van der Waals surface area contributed by atoms with Crippen molar-refractivity contribution in [3.05, 3.63) is 51.7 Å². The third-order valence-electron chi connectivity index (χ3n) is 4.25. The molecule has 1 aliphatic rings. The smallest absolute Gasteiger partial charge is 0.172 e. The van der Waals surface area contributed by atoms with Crippen LogP contribution in [0.4, 0.5) is 5.69 Å². The Morgan fingerprint density at radius 3 is 2.67 bits per heavy atom. The number of benzene rings is 1. The molecule has 1 saturated heterocycles. The van der Waals surface area contributed by atoms with E-state index in [9.17, 15) is 0 Å². The monoisotopic (exact) mass is 323 g/mol. The summed E-state index contributed by atoms with van der Waals surface area (Å²) in [5.74, 6) is 0. The van der Waals surface area contributed by atoms with Gasteiger partial charge in [-0.05, 0) is 29.6 Å². The Morgan fingerprint density at radius 2 is 2.05 bits per heavy atom. The summed E-state index contributed by atoms with van der Waals surface area (Å²) in [5, 5.41) is 2.98. The Kier molecular flexibility index (Phi) is 4.80. The Morgan fingerprint density at radius 1 is 1.24 bits per heavy atom. The number of nitrogens with zero attached hydrogens (tertiary/aromatic N) is 1. The van der Waals surface area contributed by atoms with Crippen LogP contribution in [0, 0.1) is 0 Å². The lowest BCUT2D eigenvalue weighted by atomic mass is 10.1. The van der Waals surface area contributed by atoms with E-state index in [0.29, 0.717) is 6.04 Å². The second-order valence-electron chi connectivity index (χ2n) is 5.48. The highest BCUT2D eigenvalue weighted by Gasteiger charge is 2.29. The lowest BCUT2D eigenvalue weighted by molar-refractivity contribution is -0.937. The number of halogens is 1. The van der Waals surface area contributed by atoms with Crippen LogP contribution in [0.3, 0.4) is 0 Å². The molecule has 1 aromatic heterocycles. The standard InChI is InChI=1S/C16H20ClN3S/c17-13-3-1-4-14(11-13)19-6-8-20(9-7-19)15(12-18)16-5-2-10-21-16/h1-5,10-11,15H,6-9,12,18H2/p+2/t15-/m1/s1. The molecule has 1 fully saturated rings. The molecule has 112 valence electrons. The first-order valence-electron chi connectivity index (χ1n) is 7.45. The van der Waals surface area contributed by atoms with Crippen molar-refractivity contribution < 1.29 is 10.6 Å². The highest BCUT2D eigenvalue weighted by molar-refractivity contribution is 7.10. The van der Waals surface area contributed by atoms with Crippen molar-refractivity contribution in [2.75, 3.05) is 37.6 Å². The molecule has 0 amide bonds. The lowest BCUT2D eigenvalue weighted by Crippen LogP contribution is -3.16. The Balaban J connectivity index is 1.64. The Hall–Kier alpha value is -1.07. The van der Waals surface area contributed by atoms with E-state index in [2.05, 4.69) is 40.3 Å². The van der Waals surface area contributed by atoms with Crippen LogP contribution < -0.4 is 15.5 Å². The van der Waals surface area contributed by atoms with Crippen LogP contribution in [-0.2, 0) is 0 Å². The number of hydrogen-bond donors (Lipinski definition) is 2. The third-order valence-corrected chi connectivity index (χ3v) is 5.47. The maximum Gasteiger partial charge on any atom is 0.172 e. The molecule has 2 heterocycles. The fraction of sp³-hybridized carbons (Fsp3) is 0.375. The summed E-state index contributed by atoms with van der Waals surface area (Å²) in [5.41, 5.74) is 5.40. The van der Waals surface area contributed by atoms with Crippen LogP contribution in [0.2, 0.25) is 5.02 Å². The molecule has 1 aliphatic heterocycles. The van der Waals surface area contributed by atoms with E-state index < -0.39 is 0 Å². The van der Waals surface area contributed by atoms with Gasteiger partial charge in [0.25, 0.3) is 0 Å². The topological polar surface area (TPSA) is 35.3 Å². The SMILES string of the molecule is [NH3+]C[C@H](c1cccs1)[NH+]1CCN(c2cccc(Cl)c2)CC1. The molecule has 4 N–H and O–H groups in total. The number of hydrogen-bond acceptors (Lipinski definition) is 2. The van der Waals surface area contributed by atoms with Crippen LogP contribution in [0.5, 0.6) is 0 Å². The molecule has 1 atom stereocenters. The number of piperazine rings is 1. The zero-order valence-electron chi connectivity index (χ0n) is 12.1. The molecule has 0 spiro atoms. The van der Waals surface area contributed by atoms with Crippen molar-refractivity contribution in [1.82, 2.24) is 0 Å². The van der Waals surface area contributed by atoms with Gasteiger partial charge in [-0.15, -0.1) is 11.3 Å². The van der Waals surface area contributed by atoms with Crippen LogP contribution >= 0.6 is 22.9 Å². The van der Waals surface area contributed by atoms with Gasteiger partial charge in [0.2, 0.25) is 0 Å². The summed E-state index contributed by atoms with van der Waals surface area (Å²) in [6, 6.07) is 13.1. The van der Waals surface area contributed by atoms with Gasteiger partial charge in [0, 0.05) is 10.7 Å². The number of thiophene rings is 1. The van der Waals surface area contributed by atoms with E-state index in [0.717, 1.165) is 37.7 Å². The molecule has 0 radical (unpaired) electrons. The number of quaternary nitrogens is 2. The predicted octanol–water partition coefficient (Wildman–Crippen LogP) is 1.09. The van der Waals surface area contributed by atoms with E-state index in [1.54, 1.807) is 4.90 Å². The molecular weight excluding hydrogens is 302 g/mol. The highest BCUT2D eigenvalue weighted by Crippen LogP contribution is 2.20. The first-order valence-corrected chi connectivity index (χ1v) is 8.71. The summed E-state index contributed by atoms with van der Waals surface area (Å²) >= 11 is 7.95. The van der Waals surface area contributed by atoms with Gasteiger partial charge in [-0.2, -0.15) is 0 Å². The predicted molar refractivity (Wildman–Crippen MR) is 89.2 cm³/mol. The zero-order valence-corrected chi connectivity index (χ0v) is 13.7. The maximum absolute atomic E-state index is 6.09. The summed E-state index contributed by atoms with van der Waals surface area (Å²) in [6.07, 6.45) is 0. The zero-order chi connectivity index (χ0) is 14.7. The molecule has 21 heavy (non-hydrogen) atoms. The van der Waals surface area contributed by atoms with Crippen molar-refractivity contribution in [3.8, 4) is 0 Å². The molecule has 3 nitrogen and oxygen atoms in total. The van der Waals surface area contributed by atoms with Crippen molar-refractivity contribution in [2.24, 2.45) is 0 Å². The van der Waals surface area contributed by atoms with E-state index in [1.807, 2.05) is 23.5 Å². The molecule has 2 aromatic rings. The third kappa shape index (κ3) is 3.40. The largest absolute Gasteiger partial charge is 0.360 e. The minimum atomic E-state index is 0.548. The molecule has 0 unspecified atom stereocenters. The molecule has 0 saturated carbocycles. The van der Waals surface area contributed by atoms with Gasteiger partial charge in [0.1, 0.15) is 6.54 Å². The van der Waals surface area contributed by atoms with E-state index >= 15 is 0 Å². The van der Waals surface area contributed by atoms with Crippen molar-refractivity contribution in [1.29, 1.82) is 0 Å². The average molecular weight is 324 g/mol. The summed E-state index contributed by atoms with van der Waals surface area (Å²) < 4.78 is 0. The summed E-state index contributed by atoms with van der Waals surface area (Å²) in [4.78, 5) is 5.56. The fourth-order valence-corrected chi connectivity index (χ4v) is 4.22. The molecule has 5 heteroatoms. The van der Waals surface area contributed by atoms with Crippen LogP contribution in [0.1, 0.15) is 10.9 Å². The van der Waals surface area contributed by atoms with Gasteiger partial charge in [-0.25, -0.2) is 0 Å². The van der Waals surface area contributed by atoms with Gasteiger partial charge in [-0.3, -0.25) is 0 Å². The second kappa shape index (κ2) is 6.79. The summed E-state index contributed by atoms with van der Waals surface area (Å²) in [7, 11) is 0. The van der Waals surface area contributed by atoms with Crippen molar-refractivity contribution in [2.45, 2.75) is 6.04 Å². The lowest BCUT2D eigenvalue weighted by Gasteiger charge is -2.36. The molecule has 1 aromatic carbocycles. The average Bonchev–Trinajstić information content (AvgIpc) is 3.03. The fourth-order valence-electron chi connectivity index (χ4n) is 3.11. The van der Waals surface area contributed by atoms with Crippen molar-refractivity contribution >= 4 is 28.6 Å². The normalized spacial score (nSPS) is 17.9. The quantitative estimate of drug-likeness (QED) is 0.868. The van der Waals surface area contributed by atoms with Gasteiger partial charge >= 0.3 is 0 Å². The Labute approximate surface area is 134 Å². The first-order chi connectivity index (χ1) is 10.3. The van der Waals surface area contributed by atoms with Crippen LogP contribution in [-0.4, -0.2) is 32.7 Å². The van der Waals surface area contributed by atoms with Gasteiger partial charge in [0.05, 0.1) is 31.1 Å². The molecular formula is C16H22ClN3S+2. The number of rotatable bonds is 4. The van der Waals surface area contributed by atoms with Gasteiger partial charge < -0.3 is 15.5 Å². The van der Waals surface area contributed by atoms with Crippen LogP contribution in [0.15, 0.2) is 41.8 Å². The summed E-state index contributed by atoms with van der Waals surface area (Å²) in [6.45, 7) is 5.44. The Bertz CT molecular complexity index is 565. The van der Waals surface area contributed by atoms with Crippen molar-refractivity contribution in [3.63, 3.8) is 0 Å². The minimum Gasteiger partial charge on any atom is -0.360 e. The first kappa shape index (κ1) is 14.9. The number of nitrogens with one attached hydrogen (secondary N) is 1. The van der Waals surface area contributed by atoms with E-state index in [4.69, 9.17) is 11.6 Å². The van der Waals surface area contributed by atoms with Gasteiger partial charge in [-0.1, -0.05) is 23.7 Å². The number of anilines is 1. The molecule has 0 aliphatic carbocycles. The van der Waals surface area contributed by atoms with E-state index in [1.165, 1.54) is 10.6 Å². The van der Waals surface area contributed by atoms with E-state index in [-0.39, 0.29) is 0 Å². The second-order valence-corrected chi connectivity index (χ2v) is 6.90.